The van der Waals surface area contributed by atoms with Crippen molar-refractivity contribution in [2.45, 2.75) is 6.42 Å². The molecule has 6 nitrogen and oxygen atoms in total. The molecular weight excluding hydrogens is 366 g/mol. The molecule has 2 heterocycles. The van der Waals surface area contributed by atoms with Crippen LogP contribution in [0, 0.1) is 0 Å². The first-order chi connectivity index (χ1) is 14.2. The summed E-state index contributed by atoms with van der Waals surface area (Å²) in [6.45, 7) is 0. The molecule has 144 valence electrons. The van der Waals surface area contributed by atoms with Crippen molar-refractivity contribution in [3.05, 3.63) is 84.7 Å². The number of hydrogen-bond acceptors (Lipinski definition) is 5. The molecule has 4 aromatic rings. The first kappa shape index (κ1) is 18.4. The van der Waals surface area contributed by atoms with Gasteiger partial charge in [-0.05, 0) is 35.4 Å². The number of amides is 1. The predicted octanol–water partition coefficient (Wildman–Crippen LogP) is 4.59. The highest BCUT2D eigenvalue weighted by Crippen LogP contribution is 2.38. The summed E-state index contributed by atoms with van der Waals surface area (Å²) < 4.78 is 10.9. The number of carbonyl (C=O) groups excluding carboxylic acids is 1. The van der Waals surface area contributed by atoms with E-state index in [1.807, 2.05) is 66.7 Å². The molecule has 0 aliphatic heterocycles. The molecule has 0 bridgehead atoms. The van der Waals surface area contributed by atoms with Crippen molar-refractivity contribution in [1.29, 1.82) is 0 Å². The number of aromatic nitrogens is 2. The maximum atomic E-state index is 12.6. The first-order valence-electron chi connectivity index (χ1n) is 9.13. The van der Waals surface area contributed by atoms with Crippen molar-refractivity contribution in [2.75, 3.05) is 12.4 Å². The van der Waals surface area contributed by atoms with E-state index in [1.54, 1.807) is 19.5 Å². The molecule has 0 atom stereocenters. The number of pyridine rings is 1. The third kappa shape index (κ3) is 4.16. The number of nitrogens with zero attached hydrogens (tertiary/aromatic N) is 2. The lowest BCUT2D eigenvalue weighted by Gasteiger charge is -2.07. The van der Waals surface area contributed by atoms with Gasteiger partial charge in [0.25, 0.3) is 0 Å². The molecule has 0 fully saturated rings. The van der Waals surface area contributed by atoms with Crippen LogP contribution >= 0.6 is 0 Å². The lowest BCUT2D eigenvalue weighted by Crippen LogP contribution is -2.14. The molecule has 0 unspecified atom stereocenters. The smallest absolute Gasteiger partial charge is 0.239 e. The number of benzene rings is 2. The second kappa shape index (κ2) is 8.39. The zero-order chi connectivity index (χ0) is 20.1. The molecule has 0 saturated carbocycles. The van der Waals surface area contributed by atoms with Crippen LogP contribution in [0.15, 0.2) is 83.6 Å². The molecule has 0 saturated heterocycles. The summed E-state index contributed by atoms with van der Waals surface area (Å²) in [7, 11) is 1.61. The minimum Gasteiger partial charge on any atom is -0.497 e. The fraction of sp³-hybridized carbons (Fsp3) is 0.0870. The molecular formula is C23H19N3O3. The van der Waals surface area contributed by atoms with Gasteiger partial charge in [-0.2, -0.15) is 0 Å². The Morgan fingerprint density at radius 2 is 1.79 bits per heavy atom. The van der Waals surface area contributed by atoms with E-state index in [9.17, 15) is 4.79 Å². The lowest BCUT2D eigenvalue weighted by atomic mass is 10.0. The highest BCUT2D eigenvalue weighted by molar-refractivity contribution is 5.97. The molecule has 0 spiro atoms. The van der Waals surface area contributed by atoms with Gasteiger partial charge in [-0.3, -0.25) is 15.1 Å². The molecule has 4 rings (SSSR count). The standard InChI is InChI=1S/C23H19N3O3/c1-28-19-9-5-8-18(15-19)22-21(17-10-12-24-13-11-17)23(29-26-22)25-20(27)14-16-6-3-2-4-7-16/h2-13,15H,14H2,1H3,(H,25,27). The van der Waals surface area contributed by atoms with E-state index in [2.05, 4.69) is 15.5 Å². The van der Waals surface area contributed by atoms with Crippen LogP contribution in [0.3, 0.4) is 0 Å². The Balaban J connectivity index is 1.70. The SMILES string of the molecule is COc1cccc(-c2noc(NC(=O)Cc3ccccc3)c2-c2ccncc2)c1. The van der Waals surface area contributed by atoms with Crippen LogP contribution < -0.4 is 10.1 Å². The van der Waals surface area contributed by atoms with Gasteiger partial charge < -0.3 is 9.26 Å². The van der Waals surface area contributed by atoms with Crippen LogP contribution in [0.2, 0.25) is 0 Å². The summed E-state index contributed by atoms with van der Waals surface area (Å²) in [5.74, 6) is 0.829. The fourth-order valence-electron chi connectivity index (χ4n) is 3.08. The van der Waals surface area contributed by atoms with Crippen LogP contribution in [-0.4, -0.2) is 23.2 Å². The molecule has 0 radical (unpaired) electrons. The quantitative estimate of drug-likeness (QED) is 0.525. The highest BCUT2D eigenvalue weighted by atomic mass is 16.5. The van der Waals surface area contributed by atoms with Crippen LogP contribution in [0.1, 0.15) is 5.56 Å². The molecule has 6 heteroatoms. The number of methoxy groups -OCH3 is 1. The molecule has 1 N–H and O–H groups in total. The Labute approximate surface area is 168 Å². The number of hydrogen-bond donors (Lipinski definition) is 1. The summed E-state index contributed by atoms with van der Waals surface area (Å²) in [5.41, 5.74) is 3.90. The zero-order valence-electron chi connectivity index (χ0n) is 15.8. The highest BCUT2D eigenvalue weighted by Gasteiger charge is 2.21. The summed E-state index contributed by atoms with van der Waals surface area (Å²) in [6, 6.07) is 20.8. The maximum Gasteiger partial charge on any atom is 0.239 e. The van der Waals surface area contributed by atoms with Crippen molar-refractivity contribution < 1.29 is 14.1 Å². The van der Waals surface area contributed by atoms with Gasteiger partial charge in [0.15, 0.2) is 0 Å². The number of ether oxygens (including phenoxy) is 1. The largest absolute Gasteiger partial charge is 0.497 e. The van der Waals surface area contributed by atoms with Crippen LogP contribution in [0.5, 0.6) is 5.75 Å². The Hall–Kier alpha value is -3.93. The van der Waals surface area contributed by atoms with Crippen LogP contribution in [-0.2, 0) is 11.2 Å². The van der Waals surface area contributed by atoms with Crippen molar-refractivity contribution in [1.82, 2.24) is 10.1 Å². The molecule has 0 aliphatic rings. The zero-order valence-corrected chi connectivity index (χ0v) is 15.8. The second-order valence-corrected chi connectivity index (χ2v) is 6.41. The average molecular weight is 385 g/mol. The lowest BCUT2D eigenvalue weighted by molar-refractivity contribution is -0.115. The van der Waals surface area contributed by atoms with E-state index in [4.69, 9.17) is 9.26 Å². The third-order valence-electron chi connectivity index (χ3n) is 4.46. The van der Waals surface area contributed by atoms with E-state index < -0.39 is 0 Å². The Morgan fingerprint density at radius 3 is 2.55 bits per heavy atom. The van der Waals surface area contributed by atoms with E-state index in [-0.39, 0.29) is 12.3 Å². The minimum atomic E-state index is -0.181. The van der Waals surface area contributed by atoms with Gasteiger partial charge in [0.2, 0.25) is 11.8 Å². The van der Waals surface area contributed by atoms with Crippen LogP contribution in [0.25, 0.3) is 22.4 Å². The summed E-state index contributed by atoms with van der Waals surface area (Å²) in [5, 5.41) is 7.09. The summed E-state index contributed by atoms with van der Waals surface area (Å²) in [4.78, 5) is 16.7. The topological polar surface area (TPSA) is 77.3 Å². The van der Waals surface area contributed by atoms with Crippen molar-refractivity contribution in [3.63, 3.8) is 0 Å². The van der Waals surface area contributed by atoms with Gasteiger partial charge in [-0.1, -0.05) is 47.6 Å². The van der Waals surface area contributed by atoms with E-state index >= 15 is 0 Å². The van der Waals surface area contributed by atoms with Crippen LogP contribution in [0.4, 0.5) is 5.88 Å². The first-order valence-corrected chi connectivity index (χ1v) is 9.13. The van der Waals surface area contributed by atoms with Gasteiger partial charge >= 0.3 is 0 Å². The van der Waals surface area contributed by atoms with Crippen molar-refractivity contribution >= 4 is 11.8 Å². The van der Waals surface area contributed by atoms with Gasteiger partial charge in [0.05, 0.1) is 19.1 Å². The van der Waals surface area contributed by atoms with Gasteiger partial charge in [-0.25, -0.2) is 0 Å². The van der Waals surface area contributed by atoms with E-state index in [0.717, 1.165) is 16.7 Å². The Morgan fingerprint density at radius 1 is 1.00 bits per heavy atom. The molecule has 0 aliphatic carbocycles. The van der Waals surface area contributed by atoms with Crippen molar-refractivity contribution in [3.8, 4) is 28.1 Å². The maximum absolute atomic E-state index is 12.6. The second-order valence-electron chi connectivity index (χ2n) is 6.41. The number of carbonyl (C=O) groups is 1. The normalized spacial score (nSPS) is 10.5. The third-order valence-corrected chi connectivity index (χ3v) is 4.46. The molecule has 2 aromatic carbocycles. The van der Waals surface area contributed by atoms with E-state index in [1.165, 1.54) is 0 Å². The van der Waals surface area contributed by atoms with Gasteiger partial charge in [0.1, 0.15) is 11.4 Å². The monoisotopic (exact) mass is 385 g/mol. The van der Waals surface area contributed by atoms with Gasteiger partial charge in [-0.15, -0.1) is 0 Å². The summed E-state index contributed by atoms with van der Waals surface area (Å²) >= 11 is 0. The minimum absolute atomic E-state index is 0.181. The average Bonchev–Trinajstić information content (AvgIpc) is 3.18. The molecule has 1 amide bonds. The predicted molar refractivity (Wildman–Crippen MR) is 110 cm³/mol. The fourth-order valence-corrected chi connectivity index (χ4v) is 3.08. The van der Waals surface area contributed by atoms with E-state index in [0.29, 0.717) is 22.9 Å². The van der Waals surface area contributed by atoms with Gasteiger partial charge in [0, 0.05) is 18.0 Å². The number of nitrogens with one attached hydrogen (secondary N) is 1. The molecule has 29 heavy (non-hydrogen) atoms. The Kier molecular flexibility index (Phi) is 5.33. The molecule has 2 aromatic heterocycles. The Bertz CT molecular complexity index is 1110. The number of anilines is 1. The summed E-state index contributed by atoms with van der Waals surface area (Å²) in [6.07, 6.45) is 3.62. The van der Waals surface area contributed by atoms with Crippen molar-refractivity contribution in [2.24, 2.45) is 0 Å². The number of rotatable bonds is 6.